The Bertz CT molecular complexity index is 639. The third-order valence-corrected chi connectivity index (χ3v) is 3.54. The number of para-hydroxylation sites is 1. The van der Waals surface area contributed by atoms with Gasteiger partial charge in [-0.2, -0.15) is 0 Å². The minimum atomic E-state index is -0.0505. The number of carbonyl (C=O) groups excluding carboxylic acids is 1. The Morgan fingerprint density at radius 2 is 2.20 bits per heavy atom. The van der Waals surface area contributed by atoms with E-state index in [-0.39, 0.29) is 11.8 Å². The SMILES string of the molecule is Cc1cncc(NC(=O)C2CNc3ccccc3C2)c1. The maximum Gasteiger partial charge on any atom is 0.229 e. The number of rotatable bonds is 2. The number of hydrogen-bond acceptors (Lipinski definition) is 3. The van der Waals surface area contributed by atoms with Crippen molar-refractivity contribution in [1.82, 2.24) is 4.98 Å². The Hall–Kier alpha value is -2.36. The Morgan fingerprint density at radius 1 is 1.35 bits per heavy atom. The number of aryl methyl sites for hydroxylation is 1. The van der Waals surface area contributed by atoms with Crippen molar-refractivity contribution in [3.8, 4) is 0 Å². The minimum absolute atomic E-state index is 0.0411. The van der Waals surface area contributed by atoms with Gasteiger partial charge in [0, 0.05) is 18.4 Å². The van der Waals surface area contributed by atoms with Crippen molar-refractivity contribution in [2.75, 3.05) is 17.2 Å². The normalized spacial score (nSPS) is 16.9. The van der Waals surface area contributed by atoms with Crippen LogP contribution in [-0.4, -0.2) is 17.4 Å². The van der Waals surface area contributed by atoms with Crippen molar-refractivity contribution in [1.29, 1.82) is 0 Å². The van der Waals surface area contributed by atoms with Crippen LogP contribution in [0.25, 0.3) is 0 Å². The highest BCUT2D eigenvalue weighted by Crippen LogP contribution is 2.25. The van der Waals surface area contributed by atoms with E-state index in [1.165, 1.54) is 5.56 Å². The number of hydrogen-bond donors (Lipinski definition) is 2. The molecule has 0 radical (unpaired) electrons. The van der Waals surface area contributed by atoms with Crippen LogP contribution in [0.3, 0.4) is 0 Å². The number of carbonyl (C=O) groups is 1. The van der Waals surface area contributed by atoms with Crippen LogP contribution in [0.1, 0.15) is 11.1 Å². The van der Waals surface area contributed by atoms with Gasteiger partial charge in [0.25, 0.3) is 0 Å². The summed E-state index contributed by atoms with van der Waals surface area (Å²) >= 11 is 0. The lowest BCUT2D eigenvalue weighted by molar-refractivity contribution is -0.119. The maximum atomic E-state index is 12.3. The van der Waals surface area contributed by atoms with Crippen molar-refractivity contribution in [2.45, 2.75) is 13.3 Å². The van der Waals surface area contributed by atoms with Crippen LogP contribution in [0.5, 0.6) is 0 Å². The van der Waals surface area contributed by atoms with E-state index in [9.17, 15) is 4.79 Å². The molecule has 2 heterocycles. The highest BCUT2D eigenvalue weighted by atomic mass is 16.1. The second-order valence-electron chi connectivity index (χ2n) is 5.18. The number of nitrogens with zero attached hydrogens (tertiary/aromatic N) is 1. The molecule has 1 aliphatic rings. The van der Waals surface area contributed by atoms with E-state index in [4.69, 9.17) is 0 Å². The lowest BCUT2D eigenvalue weighted by atomic mass is 9.93. The van der Waals surface area contributed by atoms with Crippen LogP contribution in [0, 0.1) is 12.8 Å². The molecule has 2 aromatic rings. The first-order valence-electron chi connectivity index (χ1n) is 6.76. The molecule has 102 valence electrons. The summed E-state index contributed by atoms with van der Waals surface area (Å²) in [5.41, 5.74) is 4.12. The average Bonchev–Trinajstić information content (AvgIpc) is 2.47. The van der Waals surface area contributed by atoms with Gasteiger partial charge >= 0.3 is 0 Å². The Kier molecular flexibility index (Phi) is 3.37. The fraction of sp³-hybridized carbons (Fsp3) is 0.250. The van der Waals surface area contributed by atoms with Gasteiger partial charge in [-0.3, -0.25) is 9.78 Å². The Balaban J connectivity index is 1.70. The Labute approximate surface area is 118 Å². The van der Waals surface area contributed by atoms with E-state index in [0.29, 0.717) is 6.54 Å². The second-order valence-corrected chi connectivity index (χ2v) is 5.18. The quantitative estimate of drug-likeness (QED) is 0.879. The van der Waals surface area contributed by atoms with Crippen molar-refractivity contribution >= 4 is 17.3 Å². The summed E-state index contributed by atoms with van der Waals surface area (Å²) in [7, 11) is 0. The van der Waals surface area contributed by atoms with Gasteiger partial charge in [0.15, 0.2) is 0 Å². The molecule has 3 rings (SSSR count). The fourth-order valence-corrected chi connectivity index (χ4v) is 2.49. The molecule has 4 nitrogen and oxygen atoms in total. The smallest absolute Gasteiger partial charge is 0.229 e. The van der Waals surface area contributed by atoms with Crippen LogP contribution in [0.2, 0.25) is 0 Å². The predicted octanol–water partition coefficient (Wildman–Crippen LogP) is 2.61. The monoisotopic (exact) mass is 267 g/mol. The van der Waals surface area contributed by atoms with Crippen LogP contribution >= 0.6 is 0 Å². The average molecular weight is 267 g/mol. The van der Waals surface area contributed by atoms with E-state index in [1.807, 2.05) is 31.2 Å². The minimum Gasteiger partial charge on any atom is -0.384 e. The first-order valence-corrected chi connectivity index (χ1v) is 6.76. The molecule has 4 heteroatoms. The number of amides is 1. The predicted molar refractivity (Wildman–Crippen MR) is 79.7 cm³/mol. The molecule has 1 aliphatic heterocycles. The molecule has 0 bridgehead atoms. The standard InChI is InChI=1S/C16H17N3O/c1-11-6-14(10-17-8-11)19-16(20)13-7-12-4-2-3-5-15(12)18-9-13/h2-6,8,10,13,18H,7,9H2,1H3,(H,19,20). The van der Waals surface area contributed by atoms with Gasteiger partial charge in [-0.25, -0.2) is 0 Å². The second kappa shape index (κ2) is 5.33. The molecule has 0 fully saturated rings. The van der Waals surface area contributed by atoms with Gasteiger partial charge in [-0.1, -0.05) is 18.2 Å². The third-order valence-electron chi connectivity index (χ3n) is 3.54. The summed E-state index contributed by atoms with van der Waals surface area (Å²) in [6.07, 6.45) is 4.22. The molecule has 1 aromatic carbocycles. The fourth-order valence-electron chi connectivity index (χ4n) is 2.49. The van der Waals surface area contributed by atoms with Crippen molar-refractivity contribution in [2.24, 2.45) is 5.92 Å². The number of fused-ring (bicyclic) bond motifs is 1. The molecule has 1 unspecified atom stereocenters. The molecule has 0 saturated carbocycles. The van der Waals surface area contributed by atoms with Gasteiger partial charge in [-0.15, -0.1) is 0 Å². The molecule has 1 amide bonds. The van der Waals surface area contributed by atoms with Crippen LogP contribution in [0.4, 0.5) is 11.4 Å². The molecule has 0 saturated heterocycles. The zero-order valence-corrected chi connectivity index (χ0v) is 11.4. The van der Waals surface area contributed by atoms with E-state index in [1.54, 1.807) is 12.4 Å². The van der Waals surface area contributed by atoms with E-state index in [0.717, 1.165) is 23.4 Å². The highest BCUT2D eigenvalue weighted by molar-refractivity contribution is 5.93. The summed E-state index contributed by atoms with van der Waals surface area (Å²) in [6, 6.07) is 10.1. The zero-order valence-electron chi connectivity index (χ0n) is 11.4. The van der Waals surface area contributed by atoms with Gasteiger partial charge in [0.1, 0.15) is 0 Å². The molecule has 20 heavy (non-hydrogen) atoms. The zero-order chi connectivity index (χ0) is 13.9. The highest BCUT2D eigenvalue weighted by Gasteiger charge is 2.24. The summed E-state index contributed by atoms with van der Waals surface area (Å²) in [5.74, 6) is -0.00943. The topological polar surface area (TPSA) is 54.0 Å². The molecule has 0 aliphatic carbocycles. The number of pyridine rings is 1. The third kappa shape index (κ3) is 2.64. The van der Waals surface area contributed by atoms with E-state index < -0.39 is 0 Å². The summed E-state index contributed by atoms with van der Waals surface area (Å²) in [4.78, 5) is 16.4. The van der Waals surface area contributed by atoms with Crippen molar-refractivity contribution in [3.63, 3.8) is 0 Å². The first-order chi connectivity index (χ1) is 9.72. The summed E-state index contributed by atoms with van der Waals surface area (Å²) in [5, 5.41) is 6.26. The number of anilines is 2. The van der Waals surface area contributed by atoms with E-state index in [2.05, 4.69) is 21.7 Å². The molecular formula is C16H17N3O. The van der Waals surface area contributed by atoms with Crippen LogP contribution in [-0.2, 0) is 11.2 Å². The van der Waals surface area contributed by atoms with Gasteiger partial charge in [-0.05, 0) is 36.6 Å². The molecular weight excluding hydrogens is 250 g/mol. The van der Waals surface area contributed by atoms with Gasteiger partial charge < -0.3 is 10.6 Å². The first kappa shape index (κ1) is 12.7. The summed E-state index contributed by atoms with van der Waals surface area (Å²) in [6.45, 7) is 2.63. The van der Waals surface area contributed by atoms with E-state index >= 15 is 0 Å². The lowest BCUT2D eigenvalue weighted by Crippen LogP contribution is -2.33. The maximum absolute atomic E-state index is 12.3. The van der Waals surface area contributed by atoms with Gasteiger partial charge in [0.2, 0.25) is 5.91 Å². The molecule has 1 aromatic heterocycles. The van der Waals surface area contributed by atoms with Gasteiger partial charge in [0.05, 0.1) is 17.8 Å². The van der Waals surface area contributed by atoms with Crippen molar-refractivity contribution < 1.29 is 4.79 Å². The molecule has 2 N–H and O–H groups in total. The van der Waals surface area contributed by atoms with Crippen LogP contribution < -0.4 is 10.6 Å². The lowest BCUT2D eigenvalue weighted by Gasteiger charge is -2.25. The molecule has 1 atom stereocenters. The largest absolute Gasteiger partial charge is 0.384 e. The number of benzene rings is 1. The molecule has 0 spiro atoms. The number of aromatic nitrogens is 1. The van der Waals surface area contributed by atoms with Crippen LogP contribution in [0.15, 0.2) is 42.7 Å². The summed E-state index contributed by atoms with van der Waals surface area (Å²) < 4.78 is 0. The number of nitrogens with one attached hydrogen (secondary N) is 2. The Morgan fingerprint density at radius 3 is 3.05 bits per heavy atom. The van der Waals surface area contributed by atoms with Crippen molar-refractivity contribution in [3.05, 3.63) is 53.9 Å².